The van der Waals surface area contributed by atoms with Crippen molar-refractivity contribution in [3.63, 3.8) is 0 Å². The van der Waals surface area contributed by atoms with E-state index in [1.165, 1.54) is 23.3 Å². The molecule has 2 amide bonds. The zero-order valence-corrected chi connectivity index (χ0v) is 12.4. The van der Waals surface area contributed by atoms with Gasteiger partial charge in [-0.15, -0.1) is 11.8 Å². The van der Waals surface area contributed by atoms with Gasteiger partial charge in [0, 0.05) is 42.9 Å². The van der Waals surface area contributed by atoms with E-state index in [4.69, 9.17) is 0 Å². The summed E-state index contributed by atoms with van der Waals surface area (Å²) in [6, 6.07) is 9.52. The molecule has 0 aromatic heterocycles. The average Bonchev–Trinajstić information content (AvgIpc) is 3.20. The van der Waals surface area contributed by atoms with E-state index in [1.54, 1.807) is 0 Å². The third-order valence-electron chi connectivity index (χ3n) is 3.65. The van der Waals surface area contributed by atoms with Gasteiger partial charge in [-0.05, 0) is 30.5 Å². The van der Waals surface area contributed by atoms with E-state index in [1.807, 2.05) is 16.7 Å². The van der Waals surface area contributed by atoms with Gasteiger partial charge < -0.3 is 15.5 Å². The number of carbonyl (C=O) groups is 1. The minimum atomic E-state index is 0.0768. The van der Waals surface area contributed by atoms with E-state index in [0.29, 0.717) is 0 Å². The van der Waals surface area contributed by atoms with Crippen LogP contribution in [0.3, 0.4) is 0 Å². The van der Waals surface area contributed by atoms with Crippen molar-refractivity contribution in [1.29, 1.82) is 0 Å². The summed E-state index contributed by atoms with van der Waals surface area (Å²) in [6.45, 7) is 3.41. The fourth-order valence-electron chi connectivity index (χ4n) is 2.29. The summed E-state index contributed by atoms with van der Waals surface area (Å²) >= 11 is 1.82. The Hall–Kier alpha value is -1.20. The van der Waals surface area contributed by atoms with Crippen LogP contribution >= 0.6 is 11.8 Å². The molecule has 1 saturated heterocycles. The molecule has 2 aliphatic rings. The van der Waals surface area contributed by atoms with Crippen LogP contribution in [0.25, 0.3) is 0 Å². The van der Waals surface area contributed by atoms with Gasteiger partial charge in [0.05, 0.1) is 0 Å². The van der Waals surface area contributed by atoms with Crippen LogP contribution in [0.5, 0.6) is 0 Å². The van der Waals surface area contributed by atoms with Crippen LogP contribution in [0.15, 0.2) is 29.2 Å². The van der Waals surface area contributed by atoms with E-state index in [2.05, 4.69) is 34.9 Å². The molecule has 1 aliphatic heterocycles. The summed E-state index contributed by atoms with van der Waals surface area (Å²) in [5.74, 6) is 0.951. The van der Waals surface area contributed by atoms with Crippen LogP contribution in [-0.4, -0.2) is 42.4 Å². The number of nitrogens with zero attached hydrogens (tertiary/aromatic N) is 1. The molecule has 20 heavy (non-hydrogen) atoms. The lowest BCUT2D eigenvalue weighted by atomic mass is 10.2. The van der Waals surface area contributed by atoms with Crippen molar-refractivity contribution >= 4 is 17.8 Å². The summed E-state index contributed by atoms with van der Waals surface area (Å²) in [7, 11) is 0. The normalized spacial score (nSPS) is 18.4. The van der Waals surface area contributed by atoms with Crippen LogP contribution in [0, 0.1) is 0 Å². The highest BCUT2D eigenvalue weighted by atomic mass is 32.2. The van der Waals surface area contributed by atoms with Gasteiger partial charge in [-0.3, -0.25) is 0 Å². The lowest BCUT2D eigenvalue weighted by Gasteiger charge is -2.13. The van der Waals surface area contributed by atoms with Crippen molar-refractivity contribution in [3.05, 3.63) is 29.8 Å². The average molecular weight is 291 g/mol. The molecule has 2 N–H and O–H groups in total. The number of rotatable bonds is 7. The Morgan fingerprint density at radius 1 is 1.40 bits per heavy atom. The minimum Gasteiger partial charge on any atom is -0.336 e. The SMILES string of the molecule is O=C1NCCN1CCSc1cccc(CNC2CC2)c1. The quantitative estimate of drug-likeness (QED) is 0.756. The van der Waals surface area contributed by atoms with Gasteiger partial charge in [0.25, 0.3) is 0 Å². The van der Waals surface area contributed by atoms with Gasteiger partial charge in [0.15, 0.2) is 0 Å². The molecule has 0 atom stereocenters. The molecule has 1 aliphatic carbocycles. The maximum Gasteiger partial charge on any atom is 0.317 e. The molecular formula is C15H21N3OS. The number of thioether (sulfide) groups is 1. The van der Waals surface area contributed by atoms with Crippen molar-refractivity contribution < 1.29 is 4.79 Å². The van der Waals surface area contributed by atoms with E-state index < -0.39 is 0 Å². The summed E-state index contributed by atoms with van der Waals surface area (Å²) < 4.78 is 0. The molecule has 108 valence electrons. The molecule has 3 rings (SSSR count). The summed E-state index contributed by atoms with van der Waals surface area (Å²) in [5.41, 5.74) is 1.35. The van der Waals surface area contributed by atoms with E-state index in [-0.39, 0.29) is 6.03 Å². The molecule has 5 heteroatoms. The second-order valence-corrected chi connectivity index (χ2v) is 6.54. The number of hydrogen-bond donors (Lipinski definition) is 2. The molecule has 0 unspecified atom stereocenters. The van der Waals surface area contributed by atoms with Crippen molar-refractivity contribution in [2.24, 2.45) is 0 Å². The van der Waals surface area contributed by atoms with Crippen LogP contribution in [-0.2, 0) is 6.54 Å². The summed E-state index contributed by atoms with van der Waals surface area (Å²) in [4.78, 5) is 14.6. The third kappa shape index (κ3) is 3.90. The first-order chi connectivity index (χ1) is 9.81. The maximum absolute atomic E-state index is 11.4. The molecule has 0 spiro atoms. The Morgan fingerprint density at radius 2 is 2.30 bits per heavy atom. The first-order valence-corrected chi connectivity index (χ1v) is 8.28. The van der Waals surface area contributed by atoms with Gasteiger partial charge in [-0.2, -0.15) is 0 Å². The lowest BCUT2D eigenvalue weighted by molar-refractivity contribution is 0.220. The topological polar surface area (TPSA) is 44.4 Å². The zero-order chi connectivity index (χ0) is 13.8. The molecular weight excluding hydrogens is 270 g/mol. The van der Waals surface area contributed by atoms with Crippen LogP contribution in [0.2, 0.25) is 0 Å². The molecule has 0 bridgehead atoms. The minimum absolute atomic E-state index is 0.0768. The first kappa shape index (κ1) is 13.8. The Balaban J connectivity index is 1.44. The number of amides is 2. The van der Waals surface area contributed by atoms with Gasteiger partial charge in [-0.25, -0.2) is 4.79 Å². The van der Waals surface area contributed by atoms with Crippen LogP contribution in [0.1, 0.15) is 18.4 Å². The maximum atomic E-state index is 11.4. The standard InChI is InChI=1S/C15H21N3OS/c19-15-16-6-7-18(15)8-9-20-14-3-1-2-12(10-14)11-17-13-4-5-13/h1-3,10,13,17H,4-9,11H2,(H,16,19). The Kier molecular flexibility index (Phi) is 4.47. The molecule has 1 saturated carbocycles. The van der Waals surface area contributed by atoms with Crippen molar-refractivity contribution in [2.45, 2.75) is 30.3 Å². The predicted octanol–water partition coefficient (Wildman–Crippen LogP) is 2.06. The van der Waals surface area contributed by atoms with Gasteiger partial charge in [-0.1, -0.05) is 12.1 Å². The number of nitrogens with one attached hydrogen (secondary N) is 2. The number of benzene rings is 1. The first-order valence-electron chi connectivity index (χ1n) is 7.29. The predicted molar refractivity (Wildman–Crippen MR) is 82.0 cm³/mol. The molecule has 1 aromatic rings. The highest BCUT2D eigenvalue weighted by Gasteiger charge is 2.20. The van der Waals surface area contributed by atoms with Crippen molar-refractivity contribution in [2.75, 3.05) is 25.4 Å². The van der Waals surface area contributed by atoms with Crippen LogP contribution < -0.4 is 10.6 Å². The fraction of sp³-hybridized carbons (Fsp3) is 0.533. The van der Waals surface area contributed by atoms with Gasteiger partial charge in [0.2, 0.25) is 0 Å². The van der Waals surface area contributed by atoms with E-state index in [0.717, 1.165) is 38.0 Å². The van der Waals surface area contributed by atoms with Gasteiger partial charge >= 0.3 is 6.03 Å². The van der Waals surface area contributed by atoms with Gasteiger partial charge in [0.1, 0.15) is 0 Å². The number of hydrogen-bond acceptors (Lipinski definition) is 3. The van der Waals surface area contributed by atoms with Crippen LogP contribution in [0.4, 0.5) is 4.79 Å². The molecule has 2 fully saturated rings. The highest BCUT2D eigenvalue weighted by molar-refractivity contribution is 7.99. The third-order valence-corrected chi connectivity index (χ3v) is 4.62. The lowest BCUT2D eigenvalue weighted by Crippen LogP contribution is -2.30. The monoisotopic (exact) mass is 291 g/mol. The molecule has 1 heterocycles. The molecule has 1 aromatic carbocycles. The van der Waals surface area contributed by atoms with E-state index in [9.17, 15) is 4.79 Å². The zero-order valence-electron chi connectivity index (χ0n) is 11.6. The Morgan fingerprint density at radius 3 is 3.05 bits per heavy atom. The number of urea groups is 1. The fourth-order valence-corrected chi connectivity index (χ4v) is 3.25. The molecule has 0 radical (unpaired) electrons. The highest BCUT2D eigenvalue weighted by Crippen LogP contribution is 2.22. The largest absolute Gasteiger partial charge is 0.336 e. The second-order valence-electron chi connectivity index (χ2n) is 5.37. The van der Waals surface area contributed by atoms with Crippen molar-refractivity contribution in [1.82, 2.24) is 15.5 Å². The second kappa shape index (κ2) is 6.50. The summed E-state index contributed by atoms with van der Waals surface area (Å²) in [6.07, 6.45) is 2.65. The van der Waals surface area contributed by atoms with E-state index >= 15 is 0 Å². The smallest absolute Gasteiger partial charge is 0.317 e. The Labute approximate surface area is 124 Å². The van der Waals surface area contributed by atoms with Crippen molar-refractivity contribution in [3.8, 4) is 0 Å². The summed E-state index contributed by atoms with van der Waals surface area (Å²) in [5, 5.41) is 6.37. The molecule has 4 nitrogen and oxygen atoms in total. The Bertz CT molecular complexity index is 476. The number of carbonyl (C=O) groups excluding carboxylic acids is 1.